The van der Waals surface area contributed by atoms with Crippen LogP contribution in [0.25, 0.3) is 0 Å². The molecule has 0 spiro atoms. The van der Waals surface area contributed by atoms with Crippen molar-refractivity contribution in [3.63, 3.8) is 0 Å². The molecule has 1 aliphatic heterocycles. The van der Waals surface area contributed by atoms with Crippen LogP contribution < -0.4 is 0 Å². The molecule has 4 saturated carbocycles. The molecule has 8 N–H and O–H groups in total. The molecular weight excluding hydrogens is 624 g/mol. The van der Waals surface area contributed by atoms with Gasteiger partial charge < -0.3 is 50.3 Å². The predicted octanol–water partition coefficient (Wildman–Crippen LogP) is 2.07. The third kappa shape index (κ3) is 4.69. The van der Waals surface area contributed by atoms with Crippen molar-refractivity contribution in [2.24, 2.45) is 50.2 Å². The minimum Gasteiger partial charge on any atom is -0.481 e. The Hall–Kier alpha value is -1.64. The molecule has 12 nitrogen and oxygen atoms in total. The van der Waals surface area contributed by atoms with Crippen LogP contribution in [0.1, 0.15) is 92.4 Å². The second-order valence-corrected chi connectivity index (χ2v) is 17.7. The molecule has 0 aromatic carbocycles. The fourth-order valence-corrected chi connectivity index (χ4v) is 12.4. The number of fused-ring (bicyclic) bond motifs is 7. The quantitative estimate of drug-likeness (QED) is 0.150. The first-order valence-electron chi connectivity index (χ1n) is 17.7. The average molecular weight is 681 g/mol. The summed E-state index contributed by atoms with van der Waals surface area (Å²) in [6, 6.07) is 0. The summed E-state index contributed by atoms with van der Waals surface area (Å²) >= 11 is 0. The Bertz CT molecular complexity index is 1330. The zero-order valence-corrected chi connectivity index (χ0v) is 28.8. The maximum Gasteiger partial charge on any atom is 0.312 e. The van der Waals surface area contributed by atoms with Crippen molar-refractivity contribution in [1.29, 1.82) is 0 Å². The molecule has 0 bridgehead atoms. The van der Waals surface area contributed by atoms with Gasteiger partial charge in [0, 0.05) is 5.41 Å². The lowest BCUT2D eigenvalue weighted by Gasteiger charge is -2.71. The van der Waals surface area contributed by atoms with Gasteiger partial charge in [0.15, 0.2) is 6.29 Å². The number of carboxylic acid groups (broad SMARTS) is 2. The number of rotatable bonds is 6. The van der Waals surface area contributed by atoms with Crippen molar-refractivity contribution < 1.29 is 59.9 Å². The number of ether oxygens (including phenoxy) is 2. The van der Waals surface area contributed by atoms with Crippen LogP contribution in [0.4, 0.5) is 0 Å². The zero-order valence-electron chi connectivity index (χ0n) is 28.8. The molecule has 0 aromatic heterocycles. The molecule has 272 valence electrons. The van der Waals surface area contributed by atoms with Crippen LogP contribution in [-0.2, 0) is 19.1 Å². The zero-order chi connectivity index (χ0) is 35.4. The van der Waals surface area contributed by atoms with Gasteiger partial charge in [0.2, 0.25) is 0 Å². The van der Waals surface area contributed by atoms with Crippen LogP contribution in [0.15, 0.2) is 11.6 Å². The number of aliphatic hydroxyl groups is 6. The minimum absolute atomic E-state index is 0.0445. The van der Waals surface area contributed by atoms with E-state index < -0.39 is 94.5 Å². The van der Waals surface area contributed by atoms with Gasteiger partial charge in [-0.3, -0.25) is 9.59 Å². The third-order valence-electron chi connectivity index (χ3n) is 15.2. The van der Waals surface area contributed by atoms with Gasteiger partial charge in [-0.1, -0.05) is 39.3 Å². The Balaban J connectivity index is 1.38. The number of aliphatic carboxylic acids is 2. The second kappa shape index (κ2) is 11.7. The Morgan fingerprint density at radius 2 is 1.52 bits per heavy atom. The number of allylic oxidation sites excluding steroid dienone is 1. The molecule has 0 radical (unpaired) electrons. The summed E-state index contributed by atoms with van der Waals surface area (Å²) in [7, 11) is 0. The van der Waals surface area contributed by atoms with E-state index in [9.17, 15) is 50.4 Å². The van der Waals surface area contributed by atoms with E-state index in [1.54, 1.807) is 6.92 Å². The Morgan fingerprint density at radius 3 is 2.12 bits per heavy atom. The van der Waals surface area contributed by atoms with Crippen molar-refractivity contribution in [2.45, 2.75) is 135 Å². The van der Waals surface area contributed by atoms with E-state index in [4.69, 9.17) is 9.47 Å². The monoisotopic (exact) mass is 680 g/mol. The average Bonchev–Trinajstić information content (AvgIpc) is 3.01. The molecule has 0 aromatic rings. The molecule has 5 aliphatic carbocycles. The summed E-state index contributed by atoms with van der Waals surface area (Å²) in [6.45, 7) is 9.33. The lowest BCUT2D eigenvalue weighted by Crippen LogP contribution is -2.71. The van der Waals surface area contributed by atoms with E-state index in [1.807, 2.05) is 6.92 Å². The van der Waals surface area contributed by atoms with Crippen molar-refractivity contribution in [3.05, 3.63) is 11.6 Å². The van der Waals surface area contributed by atoms with Crippen LogP contribution in [0.3, 0.4) is 0 Å². The molecule has 6 aliphatic rings. The smallest absolute Gasteiger partial charge is 0.312 e. The standard InChI is InChI=1S/C36H56O12/c1-31(2)10-11-35(30(45)46)12-13-36(17-38)18(19(35)14-31)6-7-22-32(3)15-20(39)27(34(5,29(43)44)23(32)8-9-33(22,36)4)48-28-26(42)25(41)24(40)21(16-37)47-28/h6,19-28,37-42H,7-17H2,1-5H3,(H,43,44)(H,45,46)/t19?,20-,21+,22?,23?,24+,25-,26+,27?,28-,32+,33+,34-,35-,36?/m0/s1. The minimum atomic E-state index is -1.75. The van der Waals surface area contributed by atoms with Gasteiger partial charge in [-0.15, -0.1) is 0 Å². The molecule has 1 heterocycles. The van der Waals surface area contributed by atoms with Gasteiger partial charge in [0.25, 0.3) is 0 Å². The highest BCUT2D eigenvalue weighted by Gasteiger charge is 2.73. The van der Waals surface area contributed by atoms with Crippen LogP contribution in [0.5, 0.6) is 0 Å². The molecule has 15 atom stereocenters. The highest BCUT2D eigenvalue weighted by atomic mass is 16.7. The largest absolute Gasteiger partial charge is 0.481 e. The maximum atomic E-state index is 13.4. The molecular formula is C36H56O12. The SMILES string of the molecule is CC1(C)CC[C@]2(C(=O)O)CCC3(CO)C(=CCC4[C@@]5(C)C[C@H](O)C(O[C@@H]6O[C@H](CO)[C@@H](O)[C@H](O)[C@H]6O)[C@@](C)(C(=O)O)C5CC[C@]43C)C2C1. The van der Waals surface area contributed by atoms with E-state index in [0.29, 0.717) is 38.5 Å². The van der Waals surface area contributed by atoms with E-state index in [1.165, 1.54) is 0 Å². The molecule has 12 heteroatoms. The summed E-state index contributed by atoms with van der Waals surface area (Å²) in [5.41, 5.74) is -3.46. The molecule has 5 unspecified atom stereocenters. The van der Waals surface area contributed by atoms with E-state index >= 15 is 0 Å². The fraction of sp³-hybridized carbons (Fsp3) is 0.889. The molecule has 5 fully saturated rings. The Labute approximate surface area is 282 Å². The second-order valence-electron chi connectivity index (χ2n) is 17.7. The van der Waals surface area contributed by atoms with Gasteiger partial charge in [-0.25, -0.2) is 0 Å². The highest BCUT2D eigenvalue weighted by molar-refractivity contribution is 5.77. The Morgan fingerprint density at radius 1 is 0.854 bits per heavy atom. The lowest BCUT2D eigenvalue weighted by atomic mass is 9.33. The molecule has 0 amide bonds. The maximum absolute atomic E-state index is 13.4. The van der Waals surface area contributed by atoms with Gasteiger partial charge in [-0.2, -0.15) is 0 Å². The summed E-state index contributed by atoms with van der Waals surface area (Å²) < 4.78 is 11.7. The van der Waals surface area contributed by atoms with Crippen LogP contribution in [0, 0.1) is 50.2 Å². The first-order valence-corrected chi connectivity index (χ1v) is 17.7. The van der Waals surface area contributed by atoms with Gasteiger partial charge >= 0.3 is 11.9 Å². The topological polar surface area (TPSA) is 214 Å². The summed E-state index contributed by atoms with van der Waals surface area (Å²) in [6.07, 6.45) is -3.56. The summed E-state index contributed by atoms with van der Waals surface area (Å²) in [4.78, 5) is 26.3. The number of hydrogen-bond donors (Lipinski definition) is 8. The number of carbonyl (C=O) groups is 2. The van der Waals surface area contributed by atoms with Gasteiger partial charge in [0.1, 0.15) is 30.5 Å². The summed E-state index contributed by atoms with van der Waals surface area (Å²) in [5.74, 6) is -2.81. The number of carboxylic acids is 2. The first-order chi connectivity index (χ1) is 22.3. The lowest BCUT2D eigenvalue weighted by molar-refractivity contribution is -0.340. The molecule has 6 rings (SSSR count). The van der Waals surface area contributed by atoms with Crippen LogP contribution >= 0.6 is 0 Å². The molecule has 1 saturated heterocycles. The fourth-order valence-electron chi connectivity index (χ4n) is 12.4. The molecule has 48 heavy (non-hydrogen) atoms. The van der Waals surface area contributed by atoms with E-state index in [0.717, 1.165) is 18.4 Å². The first kappa shape index (κ1) is 36.2. The van der Waals surface area contributed by atoms with Crippen LogP contribution in [0.2, 0.25) is 0 Å². The normalized spacial score (nSPS) is 52.9. The summed E-state index contributed by atoms with van der Waals surface area (Å²) in [5, 5.41) is 85.8. The van der Waals surface area contributed by atoms with E-state index in [-0.39, 0.29) is 30.3 Å². The van der Waals surface area contributed by atoms with Gasteiger partial charge in [0.05, 0.1) is 30.1 Å². The van der Waals surface area contributed by atoms with Crippen molar-refractivity contribution >= 4 is 11.9 Å². The third-order valence-corrected chi connectivity index (χ3v) is 15.2. The van der Waals surface area contributed by atoms with Crippen LogP contribution in [-0.4, -0.2) is 109 Å². The predicted molar refractivity (Wildman–Crippen MR) is 170 cm³/mol. The van der Waals surface area contributed by atoms with Crippen molar-refractivity contribution in [1.82, 2.24) is 0 Å². The highest BCUT2D eigenvalue weighted by Crippen LogP contribution is 2.76. The number of aliphatic hydroxyl groups excluding tert-OH is 6. The number of hydrogen-bond acceptors (Lipinski definition) is 10. The van der Waals surface area contributed by atoms with Gasteiger partial charge in [-0.05, 0) is 98.7 Å². The van der Waals surface area contributed by atoms with Crippen molar-refractivity contribution in [2.75, 3.05) is 13.2 Å². The Kier molecular flexibility index (Phi) is 8.81. The van der Waals surface area contributed by atoms with E-state index in [2.05, 4.69) is 26.8 Å². The van der Waals surface area contributed by atoms with Crippen molar-refractivity contribution in [3.8, 4) is 0 Å².